The number of rotatable bonds is 2. The summed E-state index contributed by atoms with van der Waals surface area (Å²) in [7, 11) is 0. The molecule has 3 nitrogen and oxygen atoms in total. The number of anilines is 1. The van der Waals surface area contributed by atoms with E-state index in [2.05, 4.69) is 0 Å². The Morgan fingerprint density at radius 2 is 1.50 bits per heavy atom. The van der Waals surface area contributed by atoms with Crippen LogP contribution in [0, 0.1) is 5.82 Å². The van der Waals surface area contributed by atoms with Crippen LogP contribution in [0.1, 0.15) is 0 Å². The minimum atomic E-state index is -5.72. The van der Waals surface area contributed by atoms with Crippen molar-refractivity contribution in [2.45, 2.75) is 18.4 Å². The van der Waals surface area contributed by atoms with Crippen molar-refractivity contribution in [3.8, 4) is 0 Å². The molecule has 0 heterocycles. The number of hydrogen-bond donors (Lipinski definition) is 2. The van der Waals surface area contributed by atoms with Gasteiger partial charge in [0, 0.05) is 0 Å². The summed E-state index contributed by atoms with van der Waals surface area (Å²) in [4.78, 5) is 11.1. The van der Waals surface area contributed by atoms with Gasteiger partial charge in [0.05, 0.1) is 5.69 Å². The second-order valence-corrected chi connectivity index (χ2v) is 3.59. The van der Waals surface area contributed by atoms with Crippen molar-refractivity contribution in [2.75, 3.05) is 5.32 Å². The van der Waals surface area contributed by atoms with Gasteiger partial charge in [0.2, 0.25) is 6.04 Å². The van der Waals surface area contributed by atoms with E-state index in [4.69, 9.17) is 0 Å². The molecule has 0 saturated heterocycles. The van der Waals surface area contributed by atoms with Crippen LogP contribution in [0.15, 0.2) is 24.3 Å². The fourth-order valence-corrected chi connectivity index (χ4v) is 1.20. The molecule has 0 atom stereocenters. The number of benzene rings is 1. The van der Waals surface area contributed by atoms with Gasteiger partial charge in [0.1, 0.15) is 5.82 Å². The van der Waals surface area contributed by atoms with Crippen LogP contribution in [0.3, 0.4) is 0 Å². The maximum absolute atomic E-state index is 13.1. The number of halogens is 7. The maximum atomic E-state index is 13.1. The Labute approximate surface area is 107 Å². The predicted molar refractivity (Wildman–Crippen MR) is 54.5 cm³/mol. The molecule has 0 aliphatic rings. The number of para-hydroxylation sites is 1. The molecule has 0 unspecified atom stereocenters. The molecule has 1 aromatic rings. The largest absolute Gasteiger partial charge is 0.417 e. The third-order valence-electron chi connectivity index (χ3n) is 2.05. The summed E-state index contributed by atoms with van der Waals surface area (Å²) in [5, 5.41) is 2.27. The number of alkyl halides is 6. The smallest absolute Gasteiger partial charge is 0.318 e. The van der Waals surface area contributed by atoms with Crippen LogP contribution in [0.2, 0.25) is 0 Å². The van der Waals surface area contributed by atoms with Gasteiger partial charge in [-0.3, -0.25) is 0 Å². The van der Waals surface area contributed by atoms with Crippen molar-refractivity contribution in [1.29, 1.82) is 0 Å². The zero-order valence-electron chi connectivity index (χ0n) is 9.44. The Kier molecular flexibility index (Phi) is 4.46. The average molecular weight is 304 g/mol. The van der Waals surface area contributed by atoms with Gasteiger partial charge in [-0.05, 0) is 12.1 Å². The quantitative estimate of drug-likeness (QED) is 0.807. The summed E-state index contributed by atoms with van der Waals surface area (Å²) in [6, 6.07) is -1.54. The van der Waals surface area contributed by atoms with E-state index in [1.807, 2.05) is 0 Å². The van der Waals surface area contributed by atoms with Crippen LogP contribution in [0.4, 0.5) is 41.2 Å². The van der Waals surface area contributed by atoms with Gasteiger partial charge in [-0.15, -0.1) is 0 Å². The summed E-state index contributed by atoms with van der Waals surface area (Å²) >= 11 is 0. The normalized spacial score (nSPS) is 12.4. The first-order chi connectivity index (χ1) is 9.01. The molecule has 0 bridgehead atoms. The van der Waals surface area contributed by atoms with Gasteiger partial charge in [0.25, 0.3) is 0 Å². The zero-order chi connectivity index (χ0) is 15.6. The van der Waals surface area contributed by atoms with E-state index < -0.39 is 35.9 Å². The summed E-state index contributed by atoms with van der Waals surface area (Å²) in [5.41, 5.74) is -0.548. The van der Waals surface area contributed by atoms with E-state index in [9.17, 15) is 35.5 Å². The number of amides is 2. The third kappa shape index (κ3) is 4.28. The molecule has 2 amide bonds. The molecule has 10 heteroatoms. The van der Waals surface area contributed by atoms with Crippen molar-refractivity contribution < 1.29 is 35.5 Å². The zero-order valence-corrected chi connectivity index (χ0v) is 9.44. The molecule has 2 N–H and O–H groups in total. The number of nitrogens with one attached hydrogen (secondary N) is 2. The molecular weight excluding hydrogens is 297 g/mol. The van der Waals surface area contributed by atoms with E-state index in [0.29, 0.717) is 5.32 Å². The monoisotopic (exact) mass is 304 g/mol. The van der Waals surface area contributed by atoms with Crippen molar-refractivity contribution in [3.63, 3.8) is 0 Å². The lowest BCUT2D eigenvalue weighted by atomic mass is 10.2. The van der Waals surface area contributed by atoms with Gasteiger partial charge in [0.15, 0.2) is 0 Å². The van der Waals surface area contributed by atoms with Crippen LogP contribution in [0.25, 0.3) is 0 Å². The van der Waals surface area contributed by atoms with Crippen LogP contribution >= 0.6 is 0 Å². The Bertz CT molecular complexity index is 469. The van der Waals surface area contributed by atoms with E-state index in [1.54, 1.807) is 5.32 Å². The SMILES string of the molecule is O=C(Nc1ccccc1F)NC(C(F)(F)F)C(F)(F)F. The Morgan fingerprint density at radius 1 is 1.00 bits per heavy atom. The topological polar surface area (TPSA) is 41.1 Å². The Balaban J connectivity index is 2.81. The maximum Gasteiger partial charge on any atom is 0.417 e. The highest BCUT2D eigenvalue weighted by Crippen LogP contribution is 2.33. The van der Waals surface area contributed by atoms with Gasteiger partial charge < -0.3 is 10.6 Å². The van der Waals surface area contributed by atoms with Crippen LogP contribution in [0.5, 0.6) is 0 Å². The number of urea groups is 1. The lowest BCUT2D eigenvalue weighted by Gasteiger charge is -2.23. The fraction of sp³-hybridized carbons (Fsp3) is 0.300. The molecule has 1 rings (SSSR count). The van der Waals surface area contributed by atoms with Crippen molar-refractivity contribution >= 4 is 11.7 Å². The molecule has 0 fully saturated rings. The Morgan fingerprint density at radius 3 is 1.95 bits per heavy atom. The number of carbonyl (C=O) groups excluding carboxylic acids is 1. The van der Waals surface area contributed by atoms with Gasteiger partial charge in [-0.2, -0.15) is 26.3 Å². The Hall–Kier alpha value is -2.00. The lowest BCUT2D eigenvalue weighted by Crippen LogP contribution is -2.55. The second kappa shape index (κ2) is 5.55. The van der Waals surface area contributed by atoms with Crippen LogP contribution < -0.4 is 10.6 Å². The minimum Gasteiger partial charge on any atom is -0.318 e. The van der Waals surface area contributed by atoms with Crippen LogP contribution in [-0.4, -0.2) is 24.4 Å². The lowest BCUT2D eigenvalue weighted by molar-refractivity contribution is -0.255. The van der Waals surface area contributed by atoms with Crippen LogP contribution in [-0.2, 0) is 0 Å². The van der Waals surface area contributed by atoms with Crippen molar-refractivity contribution in [2.24, 2.45) is 0 Å². The number of carbonyl (C=O) groups is 1. The molecule has 0 saturated carbocycles. The molecule has 1 aromatic carbocycles. The van der Waals surface area contributed by atoms with E-state index in [0.717, 1.165) is 12.1 Å². The summed E-state index contributed by atoms with van der Waals surface area (Å²) in [6.07, 6.45) is -11.4. The van der Waals surface area contributed by atoms with Crippen molar-refractivity contribution in [3.05, 3.63) is 30.1 Å². The highest BCUT2D eigenvalue weighted by atomic mass is 19.4. The third-order valence-corrected chi connectivity index (χ3v) is 2.05. The molecule has 112 valence electrons. The van der Waals surface area contributed by atoms with Gasteiger partial charge >= 0.3 is 18.4 Å². The molecular formula is C10H7F7N2O. The molecule has 20 heavy (non-hydrogen) atoms. The molecule has 0 aromatic heterocycles. The van der Waals surface area contributed by atoms with Crippen molar-refractivity contribution in [1.82, 2.24) is 5.32 Å². The molecule has 0 aliphatic carbocycles. The minimum absolute atomic E-state index is 0.548. The van der Waals surface area contributed by atoms with E-state index >= 15 is 0 Å². The summed E-state index contributed by atoms with van der Waals surface area (Å²) in [5.74, 6) is -1.00. The average Bonchev–Trinajstić information content (AvgIpc) is 2.26. The summed E-state index contributed by atoms with van der Waals surface area (Å²) < 4.78 is 86.0. The fourth-order valence-electron chi connectivity index (χ4n) is 1.20. The first-order valence-corrected chi connectivity index (χ1v) is 4.97. The first-order valence-electron chi connectivity index (χ1n) is 4.97. The second-order valence-electron chi connectivity index (χ2n) is 3.59. The highest BCUT2D eigenvalue weighted by Gasteiger charge is 2.57. The van der Waals surface area contributed by atoms with Gasteiger partial charge in [-0.1, -0.05) is 12.1 Å². The standard InChI is InChI=1S/C10H7F7N2O/c11-5-3-1-2-4-6(5)18-8(20)19-7(9(12,13)14)10(15,16)17/h1-4,7H,(H2,18,19,20). The molecule has 0 spiro atoms. The molecule has 0 radical (unpaired) electrons. The van der Waals surface area contributed by atoms with E-state index in [-0.39, 0.29) is 0 Å². The van der Waals surface area contributed by atoms with E-state index in [1.165, 1.54) is 12.1 Å². The summed E-state index contributed by atoms with van der Waals surface area (Å²) in [6.45, 7) is 0. The number of hydrogen-bond acceptors (Lipinski definition) is 1. The molecule has 0 aliphatic heterocycles. The highest BCUT2D eigenvalue weighted by molar-refractivity contribution is 5.89. The van der Waals surface area contributed by atoms with Gasteiger partial charge in [-0.25, -0.2) is 9.18 Å². The first kappa shape index (κ1) is 16.1. The predicted octanol–water partition coefficient (Wildman–Crippen LogP) is 3.44.